The van der Waals surface area contributed by atoms with Crippen molar-refractivity contribution in [1.29, 1.82) is 0 Å². The topological polar surface area (TPSA) is 54.6 Å². The van der Waals surface area contributed by atoms with Gasteiger partial charge in [0.15, 0.2) is 5.69 Å². The molecule has 112 valence electrons. The number of carboxylic acid groups (broad SMARTS) is 1. The molecule has 3 rings (SSSR count). The number of imidazole rings is 1. The molecule has 0 radical (unpaired) electrons. The van der Waals surface area contributed by atoms with Crippen molar-refractivity contribution in [3.8, 4) is 0 Å². The molecule has 2 aromatic rings. The molecule has 0 aromatic carbocycles. The minimum atomic E-state index is -0.883. The summed E-state index contributed by atoms with van der Waals surface area (Å²) in [5, 5.41) is 9.52. The van der Waals surface area contributed by atoms with Gasteiger partial charge in [0.1, 0.15) is 5.65 Å². The van der Waals surface area contributed by atoms with Crippen molar-refractivity contribution in [2.45, 2.75) is 51.9 Å². The predicted octanol–water partition coefficient (Wildman–Crippen LogP) is 3.85. The van der Waals surface area contributed by atoms with E-state index in [-0.39, 0.29) is 0 Å². The van der Waals surface area contributed by atoms with Crippen LogP contribution >= 0.6 is 0 Å². The number of rotatable bonds is 4. The number of carboxylic acids is 1. The van der Waals surface area contributed by atoms with Crippen molar-refractivity contribution in [3.05, 3.63) is 35.3 Å². The van der Waals surface area contributed by atoms with Gasteiger partial charge in [-0.1, -0.05) is 38.2 Å². The first-order valence-electron chi connectivity index (χ1n) is 7.86. The van der Waals surface area contributed by atoms with Gasteiger partial charge in [-0.3, -0.25) is 4.40 Å². The lowest BCUT2D eigenvalue weighted by molar-refractivity contribution is 0.0688. The SMILES string of the molecule is Cc1cccn2c(C(=O)O)c(CCC3CCCCC3)nc12. The van der Waals surface area contributed by atoms with E-state index in [0.29, 0.717) is 5.69 Å². The first kappa shape index (κ1) is 14.1. The summed E-state index contributed by atoms with van der Waals surface area (Å²) in [7, 11) is 0. The lowest BCUT2D eigenvalue weighted by atomic mass is 9.85. The third kappa shape index (κ3) is 2.80. The summed E-state index contributed by atoms with van der Waals surface area (Å²) in [6.45, 7) is 1.97. The minimum Gasteiger partial charge on any atom is -0.477 e. The first-order valence-corrected chi connectivity index (χ1v) is 7.86. The molecule has 0 saturated heterocycles. The highest BCUT2D eigenvalue weighted by Gasteiger charge is 2.21. The second kappa shape index (κ2) is 5.88. The summed E-state index contributed by atoms with van der Waals surface area (Å²) >= 11 is 0. The molecular weight excluding hydrogens is 264 g/mol. The fourth-order valence-corrected chi connectivity index (χ4v) is 3.47. The van der Waals surface area contributed by atoms with Gasteiger partial charge in [-0.05, 0) is 37.3 Å². The molecule has 4 heteroatoms. The molecule has 1 aliphatic rings. The molecule has 1 saturated carbocycles. The smallest absolute Gasteiger partial charge is 0.354 e. The van der Waals surface area contributed by atoms with Gasteiger partial charge in [-0.15, -0.1) is 0 Å². The number of hydrogen-bond donors (Lipinski definition) is 1. The summed E-state index contributed by atoms with van der Waals surface area (Å²) in [4.78, 5) is 16.2. The van der Waals surface area contributed by atoms with Crippen LogP contribution in [0.1, 0.15) is 60.3 Å². The Labute approximate surface area is 124 Å². The quantitative estimate of drug-likeness (QED) is 0.928. The first-order chi connectivity index (χ1) is 10.2. The molecule has 1 aliphatic carbocycles. The van der Waals surface area contributed by atoms with E-state index in [4.69, 9.17) is 0 Å². The number of hydrogen-bond acceptors (Lipinski definition) is 2. The van der Waals surface area contributed by atoms with Crippen LogP contribution in [0.3, 0.4) is 0 Å². The Hall–Kier alpha value is -1.84. The molecule has 1 N–H and O–H groups in total. The van der Waals surface area contributed by atoms with Gasteiger partial charge >= 0.3 is 5.97 Å². The van der Waals surface area contributed by atoms with E-state index in [1.807, 2.05) is 19.1 Å². The highest BCUT2D eigenvalue weighted by molar-refractivity contribution is 5.88. The van der Waals surface area contributed by atoms with Crippen LogP contribution in [0.4, 0.5) is 0 Å². The number of fused-ring (bicyclic) bond motifs is 1. The molecule has 0 unspecified atom stereocenters. The number of carbonyl (C=O) groups is 1. The third-order valence-corrected chi connectivity index (χ3v) is 4.63. The monoisotopic (exact) mass is 286 g/mol. The number of aromatic carboxylic acids is 1. The summed E-state index contributed by atoms with van der Waals surface area (Å²) in [6, 6.07) is 3.85. The fourth-order valence-electron chi connectivity index (χ4n) is 3.47. The van der Waals surface area contributed by atoms with E-state index < -0.39 is 5.97 Å². The second-order valence-corrected chi connectivity index (χ2v) is 6.14. The van der Waals surface area contributed by atoms with Gasteiger partial charge in [0, 0.05) is 6.20 Å². The Balaban J connectivity index is 1.88. The van der Waals surface area contributed by atoms with Crippen LogP contribution in [0.2, 0.25) is 0 Å². The Bertz CT molecular complexity index is 654. The zero-order valence-electron chi connectivity index (χ0n) is 12.5. The molecule has 0 spiro atoms. The number of aromatic nitrogens is 2. The van der Waals surface area contributed by atoms with Crippen LogP contribution in [-0.4, -0.2) is 20.5 Å². The maximum atomic E-state index is 11.6. The van der Waals surface area contributed by atoms with Crippen LogP contribution in [0.25, 0.3) is 5.65 Å². The maximum Gasteiger partial charge on any atom is 0.354 e. The largest absolute Gasteiger partial charge is 0.477 e. The zero-order valence-corrected chi connectivity index (χ0v) is 12.5. The van der Waals surface area contributed by atoms with E-state index in [1.165, 1.54) is 32.1 Å². The Kier molecular flexibility index (Phi) is 3.95. The van der Waals surface area contributed by atoms with E-state index in [2.05, 4.69) is 4.98 Å². The molecule has 2 aromatic heterocycles. The van der Waals surface area contributed by atoms with Crippen LogP contribution < -0.4 is 0 Å². The Morgan fingerprint density at radius 3 is 2.86 bits per heavy atom. The van der Waals surface area contributed by atoms with Gasteiger partial charge in [-0.25, -0.2) is 9.78 Å². The maximum absolute atomic E-state index is 11.6. The summed E-state index contributed by atoms with van der Waals surface area (Å²) in [6.07, 6.45) is 10.2. The predicted molar refractivity (Wildman–Crippen MR) is 81.8 cm³/mol. The molecule has 1 fully saturated rings. The summed E-state index contributed by atoms with van der Waals surface area (Å²) in [5.41, 5.74) is 2.87. The number of nitrogens with zero attached hydrogens (tertiary/aromatic N) is 2. The van der Waals surface area contributed by atoms with Crippen LogP contribution in [0.5, 0.6) is 0 Å². The van der Waals surface area contributed by atoms with E-state index in [9.17, 15) is 9.90 Å². The van der Waals surface area contributed by atoms with Crippen LogP contribution in [-0.2, 0) is 6.42 Å². The van der Waals surface area contributed by atoms with Crippen molar-refractivity contribution in [1.82, 2.24) is 9.38 Å². The molecule has 4 nitrogen and oxygen atoms in total. The molecule has 0 atom stereocenters. The highest BCUT2D eigenvalue weighted by Crippen LogP contribution is 2.28. The average molecular weight is 286 g/mol. The van der Waals surface area contributed by atoms with Crippen molar-refractivity contribution in [2.75, 3.05) is 0 Å². The third-order valence-electron chi connectivity index (χ3n) is 4.63. The zero-order chi connectivity index (χ0) is 14.8. The summed E-state index contributed by atoms with van der Waals surface area (Å²) < 4.78 is 1.72. The number of aryl methyl sites for hydroxylation is 2. The fraction of sp³-hybridized carbons (Fsp3) is 0.529. The average Bonchev–Trinajstić information content (AvgIpc) is 2.86. The van der Waals surface area contributed by atoms with Crippen molar-refractivity contribution >= 4 is 11.6 Å². The summed E-state index contributed by atoms with van der Waals surface area (Å²) in [5.74, 6) is -0.141. The standard InChI is InChI=1S/C17H22N2O2/c1-12-6-5-11-19-15(17(20)21)14(18-16(12)19)10-9-13-7-3-2-4-8-13/h5-6,11,13H,2-4,7-10H2,1H3,(H,20,21). The van der Waals surface area contributed by atoms with E-state index in [0.717, 1.165) is 35.7 Å². The van der Waals surface area contributed by atoms with Gasteiger partial charge in [-0.2, -0.15) is 0 Å². The van der Waals surface area contributed by atoms with Crippen molar-refractivity contribution in [3.63, 3.8) is 0 Å². The van der Waals surface area contributed by atoms with E-state index >= 15 is 0 Å². The lowest BCUT2D eigenvalue weighted by Crippen LogP contribution is -2.10. The second-order valence-electron chi connectivity index (χ2n) is 6.14. The number of pyridine rings is 1. The minimum absolute atomic E-state index is 0.338. The van der Waals surface area contributed by atoms with Crippen molar-refractivity contribution in [2.24, 2.45) is 5.92 Å². The Morgan fingerprint density at radius 2 is 2.14 bits per heavy atom. The van der Waals surface area contributed by atoms with Gasteiger partial charge in [0.25, 0.3) is 0 Å². The lowest BCUT2D eigenvalue weighted by Gasteiger charge is -2.20. The van der Waals surface area contributed by atoms with Crippen LogP contribution in [0, 0.1) is 12.8 Å². The normalized spacial score (nSPS) is 16.4. The van der Waals surface area contributed by atoms with Gasteiger partial charge in [0.05, 0.1) is 5.69 Å². The molecule has 0 bridgehead atoms. The van der Waals surface area contributed by atoms with Gasteiger partial charge < -0.3 is 5.11 Å². The van der Waals surface area contributed by atoms with Crippen molar-refractivity contribution < 1.29 is 9.90 Å². The van der Waals surface area contributed by atoms with Crippen LogP contribution in [0.15, 0.2) is 18.3 Å². The van der Waals surface area contributed by atoms with Gasteiger partial charge in [0.2, 0.25) is 0 Å². The highest BCUT2D eigenvalue weighted by atomic mass is 16.4. The molecule has 2 heterocycles. The molecular formula is C17H22N2O2. The van der Waals surface area contributed by atoms with E-state index in [1.54, 1.807) is 10.6 Å². The molecule has 0 aliphatic heterocycles. The molecule has 21 heavy (non-hydrogen) atoms. The Morgan fingerprint density at radius 1 is 1.38 bits per heavy atom. The molecule has 0 amide bonds.